The second-order valence-electron chi connectivity index (χ2n) is 7.93. The highest BCUT2D eigenvalue weighted by Gasteiger charge is 2.31. The van der Waals surface area contributed by atoms with Gasteiger partial charge in [-0.3, -0.25) is 9.48 Å². The molecule has 0 N–H and O–H groups in total. The Morgan fingerprint density at radius 1 is 1.21 bits per heavy atom. The summed E-state index contributed by atoms with van der Waals surface area (Å²) < 4.78 is 1.81. The Balaban J connectivity index is 1.81. The van der Waals surface area contributed by atoms with Crippen LogP contribution in [-0.4, -0.2) is 38.7 Å². The number of aromatic nitrogens is 3. The van der Waals surface area contributed by atoms with Gasteiger partial charge in [0.15, 0.2) is 5.65 Å². The van der Waals surface area contributed by atoms with Crippen molar-refractivity contribution < 1.29 is 4.79 Å². The number of nitrogens with zero attached hydrogens (tertiary/aromatic N) is 4. The molecule has 2 fully saturated rings. The van der Waals surface area contributed by atoms with Crippen molar-refractivity contribution in [3.8, 4) is 0 Å². The van der Waals surface area contributed by atoms with Crippen LogP contribution < -0.4 is 0 Å². The summed E-state index contributed by atoms with van der Waals surface area (Å²) in [5.41, 5.74) is 3.60. The number of rotatable bonds is 2. The Labute approximate surface area is 143 Å². The summed E-state index contributed by atoms with van der Waals surface area (Å²) in [6, 6.07) is 2.04. The van der Waals surface area contributed by atoms with Crippen LogP contribution in [0.2, 0.25) is 0 Å². The van der Waals surface area contributed by atoms with Gasteiger partial charge in [0, 0.05) is 31.7 Å². The molecule has 1 aliphatic heterocycles. The third-order valence-electron chi connectivity index (χ3n) is 5.37. The largest absolute Gasteiger partial charge is 0.338 e. The average molecular weight is 326 g/mol. The van der Waals surface area contributed by atoms with Crippen molar-refractivity contribution in [2.24, 2.45) is 18.9 Å². The van der Waals surface area contributed by atoms with Gasteiger partial charge in [-0.05, 0) is 44.1 Å². The van der Waals surface area contributed by atoms with E-state index in [0.29, 0.717) is 17.8 Å². The summed E-state index contributed by atoms with van der Waals surface area (Å²) in [6.07, 6.45) is 3.57. The fourth-order valence-electron chi connectivity index (χ4n) is 4.22. The van der Waals surface area contributed by atoms with E-state index in [0.717, 1.165) is 41.1 Å². The van der Waals surface area contributed by atoms with E-state index in [1.165, 1.54) is 19.3 Å². The maximum atomic E-state index is 13.3. The number of carbonyl (C=O) groups excluding carboxylic acids is 1. The van der Waals surface area contributed by atoms with Crippen molar-refractivity contribution in [3.05, 3.63) is 23.0 Å². The summed E-state index contributed by atoms with van der Waals surface area (Å²) in [5.74, 6) is 1.80. The van der Waals surface area contributed by atoms with E-state index in [9.17, 15) is 4.79 Å². The van der Waals surface area contributed by atoms with E-state index in [1.807, 2.05) is 29.6 Å². The van der Waals surface area contributed by atoms with Crippen LogP contribution >= 0.6 is 0 Å². The van der Waals surface area contributed by atoms with Crippen molar-refractivity contribution in [2.75, 3.05) is 13.1 Å². The van der Waals surface area contributed by atoms with Crippen LogP contribution in [0.4, 0.5) is 0 Å². The van der Waals surface area contributed by atoms with Crippen LogP contribution in [0.15, 0.2) is 6.07 Å². The molecule has 0 aromatic carbocycles. The summed E-state index contributed by atoms with van der Waals surface area (Å²) in [4.78, 5) is 20.2. The highest BCUT2D eigenvalue weighted by Crippen LogP contribution is 2.40. The van der Waals surface area contributed by atoms with E-state index >= 15 is 0 Å². The van der Waals surface area contributed by atoms with Crippen LogP contribution in [0.1, 0.15) is 60.8 Å². The quantitative estimate of drug-likeness (QED) is 0.851. The van der Waals surface area contributed by atoms with Gasteiger partial charge in [-0.25, -0.2) is 4.98 Å². The van der Waals surface area contributed by atoms with Gasteiger partial charge in [-0.15, -0.1) is 0 Å². The first-order valence-corrected chi connectivity index (χ1v) is 9.07. The molecule has 1 saturated heterocycles. The lowest BCUT2D eigenvalue weighted by Gasteiger charge is -2.35. The summed E-state index contributed by atoms with van der Waals surface area (Å²) in [6.45, 7) is 8.15. The molecule has 2 aliphatic rings. The molecule has 2 atom stereocenters. The highest BCUT2D eigenvalue weighted by atomic mass is 16.2. The molecule has 0 unspecified atom stereocenters. The van der Waals surface area contributed by atoms with Crippen LogP contribution in [0.5, 0.6) is 0 Å². The molecule has 2 aromatic heterocycles. The zero-order valence-electron chi connectivity index (χ0n) is 15.0. The molecule has 5 heteroatoms. The lowest BCUT2D eigenvalue weighted by molar-refractivity contribution is 0.0625. The number of piperidine rings is 1. The molecule has 5 nitrogen and oxygen atoms in total. The highest BCUT2D eigenvalue weighted by molar-refractivity contribution is 6.06. The second kappa shape index (κ2) is 5.57. The normalized spacial score (nSPS) is 24.6. The topological polar surface area (TPSA) is 51.0 Å². The molecule has 1 amide bonds. The zero-order chi connectivity index (χ0) is 17.0. The van der Waals surface area contributed by atoms with Gasteiger partial charge < -0.3 is 4.90 Å². The minimum absolute atomic E-state index is 0.152. The average Bonchev–Trinajstić information content (AvgIpc) is 3.32. The van der Waals surface area contributed by atoms with Gasteiger partial charge in [-0.2, -0.15) is 5.10 Å². The zero-order valence-corrected chi connectivity index (χ0v) is 15.0. The number of aryl methyl sites for hydroxylation is 2. The van der Waals surface area contributed by atoms with Gasteiger partial charge >= 0.3 is 0 Å². The van der Waals surface area contributed by atoms with Gasteiger partial charge in [0.25, 0.3) is 5.91 Å². The van der Waals surface area contributed by atoms with Crippen LogP contribution in [-0.2, 0) is 7.05 Å². The van der Waals surface area contributed by atoms with Gasteiger partial charge in [0.05, 0.1) is 16.6 Å². The van der Waals surface area contributed by atoms with Gasteiger partial charge in [0.2, 0.25) is 0 Å². The minimum atomic E-state index is 0.152. The Hall–Kier alpha value is -1.91. The standard InChI is InChI=1S/C19H26N4O/c1-11-7-12(2)10-23(9-11)19(24)15-8-16(14-5-6-14)20-18-17(15)13(3)21-22(18)4/h8,11-12,14H,5-7,9-10H2,1-4H3/t11-,12+. The molecule has 0 radical (unpaired) electrons. The van der Waals surface area contributed by atoms with E-state index in [4.69, 9.17) is 4.98 Å². The first-order valence-electron chi connectivity index (χ1n) is 9.07. The number of pyridine rings is 1. The third-order valence-corrected chi connectivity index (χ3v) is 5.37. The number of carbonyl (C=O) groups is 1. The van der Waals surface area contributed by atoms with Gasteiger partial charge in [-0.1, -0.05) is 13.8 Å². The van der Waals surface area contributed by atoms with Crippen molar-refractivity contribution in [3.63, 3.8) is 0 Å². The van der Waals surface area contributed by atoms with Crippen LogP contribution in [0, 0.1) is 18.8 Å². The molecule has 3 heterocycles. The summed E-state index contributed by atoms with van der Waals surface area (Å²) in [5, 5.41) is 5.44. The lowest BCUT2D eigenvalue weighted by Crippen LogP contribution is -2.42. The minimum Gasteiger partial charge on any atom is -0.338 e. The summed E-state index contributed by atoms with van der Waals surface area (Å²) >= 11 is 0. The SMILES string of the molecule is Cc1nn(C)c2nc(C3CC3)cc(C(=O)N3C[C@H](C)C[C@H](C)C3)c12. The number of fused-ring (bicyclic) bond motifs is 1. The van der Waals surface area contributed by atoms with E-state index in [-0.39, 0.29) is 5.91 Å². The molecule has 4 rings (SSSR count). The maximum absolute atomic E-state index is 13.3. The molecule has 1 saturated carbocycles. The molecule has 2 aromatic rings. The monoisotopic (exact) mass is 326 g/mol. The third kappa shape index (κ3) is 2.60. The molecule has 1 aliphatic carbocycles. The van der Waals surface area contributed by atoms with Gasteiger partial charge in [0.1, 0.15) is 0 Å². The number of likely N-dealkylation sites (tertiary alicyclic amines) is 1. The Morgan fingerprint density at radius 2 is 1.88 bits per heavy atom. The van der Waals surface area contributed by atoms with E-state index in [1.54, 1.807) is 0 Å². The number of hydrogen-bond donors (Lipinski definition) is 0. The van der Waals surface area contributed by atoms with Crippen LogP contribution in [0.25, 0.3) is 11.0 Å². The first-order chi connectivity index (χ1) is 11.4. The Kier molecular flexibility index (Phi) is 3.62. The molecule has 128 valence electrons. The van der Waals surface area contributed by atoms with Crippen molar-refractivity contribution >= 4 is 16.9 Å². The molecular weight excluding hydrogens is 300 g/mol. The molecule has 0 bridgehead atoms. The predicted octanol–water partition coefficient (Wildman–Crippen LogP) is 3.27. The van der Waals surface area contributed by atoms with Crippen molar-refractivity contribution in [2.45, 2.75) is 46.0 Å². The number of hydrogen-bond acceptors (Lipinski definition) is 3. The Bertz CT molecular complexity index is 795. The predicted molar refractivity (Wildman–Crippen MR) is 94.1 cm³/mol. The summed E-state index contributed by atoms with van der Waals surface area (Å²) in [7, 11) is 1.91. The number of amides is 1. The molecular formula is C19H26N4O. The van der Waals surface area contributed by atoms with Crippen LogP contribution in [0.3, 0.4) is 0 Å². The lowest BCUT2D eigenvalue weighted by atomic mass is 9.91. The maximum Gasteiger partial charge on any atom is 0.254 e. The Morgan fingerprint density at radius 3 is 2.50 bits per heavy atom. The van der Waals surface area contributed by atoms with E-state index < -0.39 is 0 Å². The van der Waals surface area contributed by atoms with E-state index in [2.05, 4.69) is 18.9 Å². The van der Waals surface area contributed by atoms with Crippen molar-refractivity contribution in [1.29, 1.82) is 0 Å². The fourth-order valence-corrected chi connectivity index (χ4v) is 4.22. The first kappa shape index (κ1) is 15.6. The van der Waals surface area contributed by atoms with Crippen molar-refractivity contribution in [1.82, 2.24) is 19.7 Å². The smallest absolute Gasteiger partial charge is 0.254 e. The second-order valence-corrected chi connectivity index (χ2v) is 7.93. The fraction of sp³-hybridized carbons (Fsp3) is 0.632. The molecule has 0 spiro atoms. The molecule has 24 heavy (non-hydrogen) atoms.